The standard InChI is InChI=1S/C27H39N3O3S/c1-33-21-7-9-26-24(17-21)23(10-12-29-26)25(28)8-6-19-11-13-30(18-20(19)16-27(31)32)14-15-34-22-4-2-3-5-22/h7,9-10,12,17,19-20,22,25H,2-6,8,11,13-16,18,28H2,1H3,(H,31,32)/t19-,20+,25+/m1/s1. The highest BCUT2D eigenvalue weighted by Gasteiger charge is 2.31. The molecule has 2 fully saturated rings. The Labute approximate surface area is 207 Å². The molecule has 4 rings (SSSR count). The first kappa shape index (κ1) is 25.3. The maximum Gasteiger partial charge on any atom is 0.303 e. The number of fused-ring (bicyclic) bond motifs is 1. The number of aromatic nitrogens is 1. The van der Waals surface area contributed by atoms with E-state index in [-0.39, 0.29) is 18.4 Å². The summed E-state index contributed by atoms with van der Waals surface area (Å²) in [5.74, 6) is 1.88. The van der Waals surface area contributed by atoms with E-state index >= 15 is 0 Å². The Hall–Kier alpha value is -1.83. The van der Waals surface area contributed by atoms with E-state index in [2.05, 4.69) is 21.6 Å². The molecule has 3 N–H and O–H groups in total. The summed E-state index contributed by atoms with van der Waals surface area (Å²) in [5, 5.41) is 11.4. The molecule has 2 aromatic rings. The second-order valence-corrected chi connectivity index (χ2v) is 11.4. The van der Waals surface area contributed by atoms with E-state index in [0.29, 0.717) is 5.92 Å². The maximum absolute atomic E-state index is 11.6. The molecule has 0 spiro atoms. The topological polar surface area (TPSA) is 88.7 Å². The highest BCUT2D eigenvalue weighted by molar-refractivity contribution is 7.99. The van der Waals surface area contributed by atoms with E-state index in [1.807, 2.05) is 30.5 Å². The van der Waals surface area contributed by atoms with Crippen LogP contribution in [0.2, 0.25) is 0 Å². The van der Waals surface area contributed by atoms with Gasteiger partial charge in [-0.25, -0.2) is 0 Å². The number of carboxylic acid groups (broad SMARTS) is 1. The minimum atomic E-state index is -0.686. The molecule has 1 aromatic carbocycles. The van der Waals surface area contributed by atoms with Crippen LogP contribution in [0.3, 0.4) is 0 Å². The number of carbonyl (C=O) groups is 1. The number of pyridine rings is 1. The normalized spacial score (nSPS) is 22.8. The van der Waals surface area contributed by atoms with E-state index in [1.165, 1.54) is 31.4 Å². The number of nitrogens with two attached hydrogens (primary N) is 1. The molecule has 0 amide bonds. The molecule has 1 aromatic heterocycles. The van der Waals surface area contributed by atoms with Crippen molar-refractivity contribution in [2.75, 3.05) is 32.5 Å². The number of hydrogen-bond acceptors (Lipinski definition) is 6. The minimum Gasteiger partial charge on any atom is -0.497 e. The number of rotatable bonds is 11. The van der Waals surface area contributed by atoms with Crippen molar-refractivity contribution in [3.63, 3.8) is 0 Å². The zero-order chi connectivity index (χ0) is 23.9. The zero-order valence-electron chi connectivity index (χ0n) is 20.3. The zero-order valence-corrected chi connectivity index (χ0v) is 21.1. The van der Waals surface area contributed by atoms with E-state index in [1.54, 1.807) is 7.11 Å². The second kappa shape index (κ2) is 12.2. The van der Waals surface area contributed by atoms with Gasteiger partial charge in [-0.1, -0.05) is 12.8 Å². The summed E-state index contributed by atoms with van der Waals surface area (Å²) in [4.78, 5) is 18.6. The Bertz CT molecular complexity index is 950. The highest BCUT2D eigenvalue weighted by Crippen LogP contribution is 2.35. The average Bonchev–Trinajstić information content (AvgIpc) is 3.36. The molecular formula is C27H39N3O3S. The van der Waals surface area contributed by atoms with Crippen LogP contribution in [0.15, 0.2) is 30.5 Å². The third-order valence-electron chi connectivity index (χ3n) is 7.71. The number of thioether (sulfide) groups is 1. The van der Waals surface area contributed by atoms with E-state index in [9.17, 15) is 9.90 Å². The van der Waals surface area contributed by atoms with Crippen LogP contribution in [0.5, 0.6) is 5.75 Å². The van der Waals surface area contributed by atoms with Crippen molar-refractivity contribution < 1.29 is 14.6 Å². The summed E-state index contributed by atoms with van der Waals surface area (Å²) >= 11 is 2.12. The quantitative estimate of drug-likeness (QED) is 0.457. The third-order valence-corrected chi connectivity index (χ3v) is 9.07. The molecule has 1 saturated carbocycles. The molecule has 2 aliphatic rings. The molecule has 1 aliphatic heterocycles. The molecular weight excluding hydrogens is 446 g/mol. The summed E-state index contributed by atoms with van der Waals surface area (Å²) in [6, 6.07) is 7.79. The molecule has 186 valence electrons. The van der Waals surface area contributed by atoms with Gasteiger partial charge in [-0.3, -0.25) is 9.78 Å². The number of ether oxygens (including phenoxy) is 1. The van der Waals surface area contributed by atoms with E-state index < -0.39 is 5.97 Å². The highest BCUT2D eigenvalue weighted by atomic mass is 32.2. The van der Waals surface area contributed by atoms with Gasteiger partial charge < -0.3 is 20.5 Å². The summed E-state index contributed by atoms with van der Waals surface area (Å²) < 4.78 is 5.40. The Kier molecular flexibility index (Phi) is 9.09. The Morgan fingerprint density at radius 1 is 1.26 bits per heavy atom. The van der Waals surface area contributed by atoms with Crippen molar-refractivity contribution in [2.24, 2.45) is 17.6 Å². The Balaban J connectivity index is 1.34. The lowest BCUT2D eigenvalue weighted by Gasteiger charge is -2.38. The number of carboxylic acids is 1. The van der Waals surface area contributed by atoms with Gasteiger partial charge in [-0.15, -0.1) is 0 Å². The molecule has 1 aliphatic carbocycles. The van der Waals surface area contributed by atoms with Crippen LogP contribution in [0, 0.1) is 11.8 Å². The van der Waals surface area contributed by atoms with Gasteiger partial charge in [0.05, 0.1) is 12.6 Å². The summed E-state index contributed by atoms with van der Waals surface area (Å²) in [5.41, 5.74) is 8.67. The number of benzene rings is 1. The number of aliphatic carboxylic acids is 1. The van der Waals surface area contributed by atoms with Crippen molar-refractivity contribution in [1.29, 1.82) is 0 Å². The van der Waals surface area contributed by atoms with Crippen molar-refractivity contribution in [1.82, 2.24) is 9.88 Å². The minimum absolute atomic E-state index is 0.107. The van der Waals surface area contributed by atoms with Crippen LogP contribution in [-0.4, -0.2) is 58.7 Å². The van der Waals surface area contributed by atoms with Gasteiger partial charge in [-0.05, 0) is 80.3 Å². The molecule has 0 radical (unpaired) electrons. The van der Waals surface area contributed by atoms with Gasteiger partial charge in [0.1, 0.15) is 5.75 Å². The molecule has 0 bridgehead atoms. The maximum atomic E-state index is 11.6. The molecule has 7 heteroatoms. The largest absolute Gasteiger partial charge is 0.497 e. The van der Waals surface area contributed by atoms with Crippen molar-refractivity contribution in [3.05, 3.63) is 36.0 Å². The molecule has 1 saturated heterocycles. The molecule has 0 unspecified atom stereocenters. The number of hydrogen-bond donors (Lipinski definition) is 2. The molecule has 2 heterocycles. The van der Waals surface area contributed by atoms with Gasteiger partial charge in [0.15, 0.2) is 0 Å². The fourth-order valence-electron chi connectivity index (χ4n) is 5.74. The van der Waals surface area contributed by atoms with Crippen LogP contribution in [0.1, 0.15) is 63.0 Å². The summed E-state index contributed by atoms with van der Waals surface area (Å²) in [6.45, 7) is 3.04. The van der Waals surface area contributed by atoms with Crippen molar-refractivity contribution >= 4 is 28.6 Å². The number of nitrogens with zero attached hydrogens (tertiary/aromatic N) is 2. The van der Waals surface area contributed by atoms with Gasteiger partial charge in [0.2, 0.25) is 0 Å². The average molecular weight is 486 g/mol. The molecule has 6 nitrogen and oxygen atoms in total. The van der Waals surface area contributed by atoms with Crippen LogP contribution >= 0.6 is 11.8 Å². The van der Waals surface area contributed by atoms with Crippen LogP contribution < -0.4 is 10.5 Å². The third kappa shape index (κ3) is 6.64. The predicted octanol–water partition coefficient (Wildman–Crippen LogP) is 5.11. The van der Waals surface area contributed by atoms with Gasteiger partial charge >= 0.3 is 5.97 Å². The number of likely N-dealkylation sites (tertiary alicyclic amines) is 1. The van der Waals surface area contributed by atoms with Crippen LogP contribution in [0.4, 0.5) is 0 Å². The van der Waals surface area contributed by atoms with Crippen LogP contribution in [0.25, 0.3) is 10.9 Å². The molecule has 34 heavy (non-hydrogen) atoms. The van der Waals surface area contributed by atoms with Crippen molar-refractivity contribution in [2.45, 2.75) is 62.7 Å². The van der Waals surface area contributed by atoms with E-state index in [0.717, 1.165) is 66.4 Å². The van der Waals surface area contributed by atoms with Gasteiger partial charge in [0, 0.05) is 48.1 Å². The van der Waals surface area contributed by atoms with Crippen LogP contribution in [-0.2, 0) is 4.79 Å². The first-order chi connectivity index (χ1) is 16.5. The van der Waals surface area contributed by atoms with Crippen molar-refractivity contribution in [3.8, 4) is 5.75 Å². The monoisotopic (exact) mass is 485 g/mol. The predicted molar refractivity (Wildman–Crippen MR) is 139 cm³/mol. The summed E-state index contributed by atoms with van der Waals surface area (Å²) in [7, 11) is 1.67. The van der Waals surface area contributed by atoms with Gasteiger partial charge in [0.25, 0.3) is 0 Å². The SMILES string of the molecule is COc1ccc2nccc([C@@H](N)CC[C@@H]3CCN(CCSC4CCCC4)C[C@@H]3CC(=O)O)c2c1. The molecule has 3 atom stereocenters. The Morgan fingerprint density at radius 3 is 2.85 bits per heavy atom. The lowest BCUT2D eigenvalue weighted by molar-refractivity contribution is -0.139. The first-order valence-corrected chi connectivity index (χ1v) is 13.8. The lowest BCUT2D eigenvalue weighted by atomic mass is 9.79. The number of methoxy groups -OCH3 is 1. The van der Waals surface area contributed by atoms with Gasteiger partial charge in [-0.2, -0.15) is 11.8 Å². The number of piperidine rings is 1. The summed E-state index contributed by atoms with van der Waals surface area (Å²) in [6.07, 6.45) is 10.4. The lowest BCUT2D eigenvalue weighted by Crippen LogP contribution is -2.42. The Morgan fingerprint density at radius 2 is 2.09 bits per heavy atom. The fourth-order valence-corrected chi connectivity index (χ4v) is 7.11. The smallest absolute Gasteiger partial charge is 0.303 e. The second-order valence-electron chi connectivity index (χ2n) is 9.95. The fraction of sp³-hybridized carbons (Fsp3) is 0.630. The first-order valence-electron chi connectivity index (χ1n) is 12.8. The van der Waals surface area contributed by atoms with E-state index in [4.69, 9.17) is 10.5 Å².